The molecule has 2 rings (SSSR count). The van der Waals surface area contributed by atoms with Crippen molar-refractivity contribution < 1.29 is 4.79 Å². The molecule has 0 unspecified atom stereocenters. The molecule has 1 heterocycles. The van der Waals surface area contributed by atoms with Crippen molar-refractivity contribution >= 4 is 11.6 Å². The van der Waals surface area contributed by atoms with E-state index in [4.69, 9.17) is 0 Å². The third-order valence-electron chi connectivity index (χ3n) is 2.32. The number of aromatic nitrogens is 1. The molecule has 0 fully saturated rings. The van der Waals surface area contributed by atoms with Gasteiger partial charge >= 0.3 is 0 Å². The Kier molecular flexibility index (Phi) is 2.96. The van der Waals surface area contributed by atoms with Crippen LogP contribution in [0.4, 0.5) is 5.69 Å². The number of pyridine rings is 1. The van der Waals surface area contributed by atoms with E-state index in [1.807, 2.05) is 43.3 Å². The summed E-state index contributed by atoms with van der Waals surface area (Å²) in [6, 6.07) is 11.2. The fourth-order valence-corrected chi connectivity index (χ4v) is 1.42. The summed E-state index contributed by atoms with van der Waals surface area (Å²) in [5.41, 5.74) is 2.31. The van der Waals surface area contributed by atoms with Gasteiger partial charge in [-0.15, -0.1) is 0 Å². The highest BCUT2D eigenvalue weighted by molar-refractivity contribution is 6.04. The molecule has 0 saturated heterocycles. The van der Waals surface area contributed by atoms with Gasteiger partial charge in [0, 0.05) is 18.1 Å². The molecular weight excluding hydrogens is 200 g/mol. The summed E-state index contributed by atoms with van der Waals surface area (Å²) in [4.78, 5) is 15.8. The summed E-state index contributed by atoms with van der Waals surface area (Å²) in [7, 11) is 0. The van der Waals surface area contributed by atoms with E-state index >= 15 is 0 Å². The maximum absolute atomic E-state index is 11.9. The van der Waals surface area contributed by atoms with Gasteiger partial charge in [0.25, 0.3) is 5.91 Å². The molecule has 0 atom stereocenters. The number of carbonyl (C=O) groups is 1. The SMILES string of the molecule is Cc1ccncc1C(=O)Nc1ccccc1. The van der Waals surface area contributed by atoms with Crippen LogP contribution in [0.5, 0.6) is 0 Å². The van der Waals surface area contributed by atoms with Crippen molar-refractivity contribution in [2.45, 2.75) is 6.92 Å². The predicted octanol–water partition coefficient (Wildman–Crippen LogP) is 2.64. The van der Waals surface area contributed by atoms with Gasteiger partial charge in [-0.3, -0.25) is 9.78 Å². The number of anilines is 1. The van der Waals surface area contributed by atoms with E-state index in [1.165, 1.54) is 0 Å². The highest BCUT2D eigenvalue weighted by Gasteiger charge is 2.08. The van der Waals surface area contributed by atoms with E-state index in [9.17, 15) is 4.79 Å². The molecule has 0 saturated carbocycles. The zero-order valence-corrected chi connectivity index (χ0v) is 8.97. The number of aryl methyl sites for hydroxylation is 1. The van der Waals surface area contributed by atoms with Gasteiger partial charge in [0.15, 0.2) is 0 Å². The second kappa shape index (κ2) is 4.57. The summed E-state index contributed by atoms with van der Waals surface area (Å²) in [6.07, 6.45) is 3.25. The Bertz CT molecular complexity index is 494. The second-order valence-corrected chi connectivity index (χ2v) is 3.51. The lowest BCUT2D eigenvalue weighted by molar-refractivity contribution is 0.102. The topological polar surface area (TPSA) is 42.0 Å². The van der Waals surface area contributed by atoms with Gasteiger partial charge in [0.2, 0.25) is 0 Å². The highest BCUT2D eigenvalue weighted by atomic mass is 16.1. The maximum atomic E-state index is 11.9. The average Bonchev–Trinajstić information content (AvgIpc) is 2.31. The van der Waals surface area contributed by atoms with Gasteiger partial charge < -0.3 is 5.32 Å². The second-order valence-electron chi connectivity index (χ2n) is 3.51. The Labute approximate surface area is 94.1 Å². The minimum atomic E-state index is -0.128. The van der Waals surface area contributed by atoms with E-state index in [2.05, 4.69) is 10.3 Å². The van der Waals surface area contributed by atoms with Crippen molar-refractivity contribution in [3.8, 4) is 0 Å². The van der Waals surface area contributed by atoms with Gasteiger partial charge in [-0.1, -0.05) is 18.2 Å². The largest absolute Gasteiger partial charge is 0.322 e. The lowest BCUT2D eigenvalue weighted by atomic mass is 10.1. The van der Waals surface area contributed by atoms with Crippen LogP contribution in [0, 0.1) is 6.92 Å². The Balaban J connectivity index is 2.19. The van der Waals surface area contributed by atoms with Crippen LogP contribution in [0.3, 0.4) is 0 Å². The first-order chi connectivity index (χ1) is 7.77. The zero-order valence-electron chi connectivity index (χ0n) is 8.97. The van der Waals surface area contributed by atoms with Crippen LogP contribution in [-0.4, -0.2) is 10.9 Å². The lowest BCUT2D eigenvalue weighted by Crippen LogP contribution is -2.13. The number of carbonyl (C=O) groups excluding carboxylic acids is 1. The zero-order chi connectivity index (χ0) is 11.4. The Morgan fingerprint density at radius 1 is 1.19 bits per heavy atom. The van der Waals surface area contributed by atoms with Crippen LogP contribution in [-0.2, 0) is 0 Å². The number of rotatable bonds is 2. The summed E-state index contributed by atoms with van der Waals surface area (Å²) in [6.45, 7) is 1.89. The minimum Gasteiger partial charge on any atom is -0.322 e. The third kappa shape index (κ3) is 2.25. The van der Waals surface area contributed by atoms with Crippen molar-refractivity contribution in [3.05, 3.63) is 59.9 Å². The van der Waals surface area contributed by atoms with Crippen LogP contribution < -0.4 is 5.32 Å². The van der Waals surface area contributed by atoms with Crippen LogP contribution in [0.15, 0.2) is 48.8 Å². The van der Waals surface area contributed by atoms with Crippen LogP contribution in [0.25, 0.3) is 0 Å². The van der Waals surface area contributed by atoms with Gasteiger partial charge in [-0.2, -0.15) is 0 Å². The first-order valence-corrected chi connectivity index (χ1v) is 5.04. The van der Waals surface area contributed by atoms with Crippen molar-refractivity contribution in [1.29, 1.82) is 0 Å². The normalized spacial score (nSPS) is 9.81. The molecule has 1 amide bonds. The molecule has 0 spiro atoms. The van der Waals surface area contributed by atoms with E-state index in [0.717, 1.165) is 11.3 Å². The Hall–Kier alpha value is -2.16. The molecule has 0 aliphatic rings. The number of para-hydroxylation sites is 1. The lowest BCUT2D eigenvalue weighted by Gasteiger charge is -2.06. The summed E-state index contributed by atoms with van der Waals surface area (Å²) >= 11 is 0. The number of benzene rings is 1. The maximum Gasteiger partial charge on any atom is 0.257 e. The fourth-order valence-electron chi connectivity index (χ4n) is 1.42. The first-order valence-electron chi connectivity index (χ1n) is 5.04. The van der Waals surface area contributed by atoms with E-state index in [1.54, 1.807) is 12.4 Å². The molecule has 3 heteroatoms. The monoisotopic (exact) mass is 212 g/mol. The molecular formula is C13H12N2O. The average molecular weight is 212 g/mol. The smallest absolute Gasteiger partial charge is 0.257 e. The number of nitrogens with zero attached hydrogens (tertiary/aromatic N) is 1. The summed E-state index contributed by atoms with van der Waals surface area (Å²) in [5, 5.41) is 2.82. The summed E-state index contributed by atoms with van der Waals surface area (Å²) in [5.74, 6) is -0.128. The van der Waals surface area contributed by atoms with E-state index in [0.29, 0.717) is 5.56 Å². The van der Waals surface area contributed by atoms with Crippen molar-refractivity contribution in [2.24, 2.45) is 0 Å². The van der Waals surface area contributed by atoms with Crippen LogP contribution >= 0.6 is 0 Å². The van der Waals surface area contributed by atoms with Gasteiger partial charge in [0.05, 0.1) is 5.56 Å². The summed E-state index contributed by atoms with van der Waals surface area (Å²) < 4.78 is 0. The standard InChI is InChI=1S/C13H12N2O/c1-10-7-8-14-9-12(10)13(16)15-11-5-3-2-4-6-11/h2-9H,1H3,(H,15,16). The van der Waals surface area contributed by atoms with Gasteiger partial charge in [0.1, 0.15) is 0 Å². The van der Waals surface area contributed by atoms with E-state index < -0.39 is 0 Å². The number of hydrogen-bond acceptors (Lipinski definition) is 2. The molecule has 3 nitrogen and oxygen atoms in total. The Morgan fingerprint density at radius 2 is 1.94 bits per heavy atom. The minimum absolute atomic E-state index is 0.128. The number of hydrogen-bond donors (Lipinski definition) is 1. The molecule has 0 bridgehead atoms. The van der Waals surface area contributed by atoms with Crippen molar-refractivity contribution in [1.82, 2.24) is 4.98 Å². The van der Waals surface area contributed by atoms with Crippen LogP contribution in [0.1, 0.15) is 15.9 Å². The number of nitrogens with one attached hydrogen (secondary N) is 1. The molecule has 0 aliphatic heterocycles. The Morgan fingerprint density at radius 3 is 2.62 bits per heavy atom. The molecule has 0 radical (unpaired) electrons. The van der Waals surface area contributed by atoms with Crippen molar-refractivity contribution in [2.75, 3.05) is 5.32 Å². The number of amides is 1. The van der Waals surface area contributed by atoms with Crippen molar-refractivity contribution in [3.63, 3.8) is 0 Å². The molecule has 1 aromatic carbocycles. The fraction of sp³-hybridized carbons (Fsp3) is 0.0769. The first kappa shape index (κ1) is 10.4. The molecule has 2 aromatic rings. The molecule has 80 valence electrons. The van der Waals surface area contributed by atoms with Crippen LogP contribution in [0.2, 0.25) is 0 Å². The molecule has 0 aliphatic carbocycles. The molecule has 1 aromatic heterocycles. The van der Waals surface area contributed by atoms with Gasteiger partial charge in [-0.25, -0.2) is 0 Å². The van der Waals surface area contributed by atoms with E-state index in [-0.39, 0.29) is 5.91 Å². The third-order valence-corrected chi connectivity index (χ3v) is 2.32. The molecule has 1 N–H and O–H groups in total. The quantitative estimate of drug-likeness (QED) is 0.831. The highest BCUT2D eigenvalue weighted by Crippen LogP contribution is 2.10. The predicted molar refractivity (Wildman–Crippen MR) is 63.4 cm³/mol. The molecule has 16 heavy (non-hydrogen) atoms. The van der Waals surface area contributed by atoms with Gasteiger partial charge in [-0.05, 0) is 30.7 Å².